The maximum Gasteiger partial charge on any atom is 0.268 e. The van der Waals surface area contributed by atoms with Gasteiger partial charge in [0, 0.05) is 24.7 Å². The van der Waals surface area contributed by atoms with Crippen molar-refractivity contribution in [3.05, 3.63) is 98.7 Å². The summed E-state index contributed by atoms with van der Waals surface area (Å²) in [5, 5.41) is 3.39. The number of carbonyl (C=O) groups excluding carboxylic acids is 1. The van der Waals surface area contributed by atoms with Gasteiger partial charge in [-0.15, -0.1) is 0 Å². The van der Waals surface area contributed by atoms with Crippen molar-refractivity contribution in [2.45, 2.75) is 13.2 Å². The Hall–Kier alpha value is -3.12. The van der Waals surface area contributed by atoms with Crippen LogP contribution in [0.15, 0.2) is 65.6 Å². The first-order valence-corrected chi connectivity index (χ1v) is 8.91. The Morgan fingerprint density at radius 2 is 1.75 bits per heavy atom. The number of benzene rings is 2. The highest BCUT2D eigenvalue weighted by Gasteiger charge is 2.13. The molecule has 0 aliphatic carbocycles. The number of aromatic nitrogens is 1. The fourth-order valence-electron chi connectivity index (χ4n) is 2.56. The summed E-state index contributed by atoms with van der Waals surface area (Å²) < 4.78 is 20.0. The molecule has 0 fully saturated rings. The summed E-state index contributed by atoms with van der Waals surface area (Å²) in [6, 6.07) is 14.2. The zero-order valence-corrected chi connectivity index (χ0v) is 15.9. The number of hydrogen-bond donors (Lipinski definition) is 1. The maximum absolute atomic E-state index is 12.9. The van der Waals surface area contributed by atoms with Gasteiger partial charge in [-0.3, -0.25) is 9.59 Å². The van der Waals surface area contributed by atoms with Crippen LogP contribution in [0.5, 0.6) is 5.75 Å². The predicted molar refractivity (Wildman–Crippen MR) is 105 cm³/mol. The van der Waals surface area contributed by atoms with Gasteiger partial charge in [0.2, 0.25) is 5.43 Å². The smallest absolute Gasteiger partial charge is 0.268 e. The standard InChI is InChI=1S/C21H18ClFN2O3/c1-25-12-20(28-13-15-4-8-17(23)9-5-15)19(26)10-18(25)21(27)24-11-14-2-6-16(22)7-3-14/h2-10,12H,11,13H2,1H3,(H,24,27). The van der Waals surface area contributed by atoms with Crippen LogP contribution < -0.4 is 15.5 Å². The molecule has 3 aromatic rings. The monoisotopic (exact) mass is 400 g/mol. The Labute approximate surface area is 166 Å². The number of nitrogens with one attached hydrogen (secondary N) is 1. The third-order valence-electron chi connectivity index (χ3n) is 4.11. The highest BCUT2D eigenvalue weighted by Crippen LogP contribution is 2.11. The number of amides is 1. The van der Waals surface area contributed by atoms with Gasteiger partial charge in [-0.2, -0.15) is 0 Å². The van der Waals surface area contributed by atoms with Crippen molar-refractivity contribution in [2.75, 3.05) is 0 Å². The fourth-order valence-corrected chi connectivity index (χ4v) is 2.68. The van der Waals surface area contributed by atoms with Gasteiger partial charge in [0.05, 0.1) is 6.20 Å². The molecular weight excluding hydrogens is 383 g/mol. The van der Waals surface area contributed by atoms with Gasteiger partial charge in [-0.1, -0.05) is 35.9 Å². The van der Waals surface area contributed by atoms with Crippen LogP contribution in [0.2, 0.25) is 5.02 Å². The third-order valence-corrected chi connectivity index (χ3v) is 4.36. The van der Waals surface area contributed by atoms with Crippen molar-refractivity contribution >= 4 is 17.5 Å². The van der Waals surface area contributed by atoms with Crippen molar-refractivity contribution in [1.82, 2.24) is 9.88 Å². The minimum absolute atomic E-state index is 0.112. The Bertz CT molecular complexity index is 1030. The van der Waals surface area contributed by atoms with E-state index in [0.29, 0.717) is 11.6 Å². The van der Waals surface area contributed by atoms with Crippen LogP contribution in [0.3, 0.4) is 0 Å². The van der Waals surface area contributed by atoms with E-state index in [1.54, 1.807) is 31.3 Å². The van der Waals surface area contributed by atoms with Crippen LogP contribution in [-0.2, 0) is 20.2 Å². The van der Waals surface area contributed by atoms with Gasteiger partial charge in [0.1, 0.15) is 18.1 Å². The number of aryl methyl sites for hydroxylation is 1. The Morgan fingerprint density at radius 1 is 1.11 bits per heavy atom. The molecule has 0 aliphatic heterocycles. The summed E-state index contributed by atoms with van der Waals surface area (Å²) in [6.45, 7) is 0.435. The Kier molecular flexibility index (Phi) is 6.11. The molecule has 0 bridgehead atoms. The lowest BCUT2D eigenvalue weighted by Crippen LogP contribution is -2.27. The number of carbonyl (C=O) groups is 1. The molecular formula is C21H18ClFN2O3. The van der Waals surface area contributed by atoms with Gasteiger partial charge < -0.3 is 14.6 Å². The number of rotatable bonds is 6. The molecule has 5 nitrogen and oxygen atoms in total. The zero-order valence-electron chi connectivity index (χ0n) is 15.1. The van der Waals surface area contributed by atoms with E-state index >= 15 is 0 Å². The molecule has 0 saturated carbocycles. The van der Waals surface area contributed by atoms with Gasteiger partial charge in [0.25, 0.3) is 5.91 Å². The molecule has 0 spiro atoms. The largest absolute Gasteiger partial charge is 0.483 e. The van der Waals surface area contributed by atoms with Crippen molar-refractivity contribution in [3.8, 4) is 5.75 Å². The average Bonchev–Trinajstić information content (AvgIpc) is 2.69. The van der Waals surface area contributed by atoms with Crippen LogP contribution in [-0.4, -0.2) is 10.5 Å². The molecule has 0 radical (unpaired) electrons. The molecule has 1 aromatic heterocycles. The second-order valence-electron chi connectivity index (χ2n) is 6.22. The molecule has 28 heavy (non-hydrogen) atoms. The number of ether oxygens (including phenoxy) is 1. The Balaban J connectivity index is 1.66. The first-order valence-electron chi connectivity index (χ1n) is 8.53. The summed E-state index contributed by atoms with van der Waals surface area (Å²) in [5.41, 5.74) is 1.43. The van der Waals surface area contributed by atoms with E-state index in [1.807, 2.05) is 12.1 Å². The minimum Gasteiger partial charge on any atom is -0.483 e. The molecule has 1 amide bonds. The highest BCUT2D eigenvalue weighted by atomic mass is 35.5. The molecule has 144 valence electrons. The van der Waals surface area contributed by atoms with Crippen molar-refractivity contribution in [2.24, 2.45) is 7.05 Å². The number of pyridine rings is 1. The average molecular weight is 401 g/mol. The summed E-state index contributed by atoms with van der Waals surface area (Å²) >= 11 is 5.84. The van der Waals surface area contributed by atoms with Gasteiger partial charge in [-0.25, -0.2) is 4.39 Å². The van der Waals surface area contributed by atoms with E-state index in [1.165, 1.54) is 29.0 Å². The molecule has 0 saturated heterocycles. The van der Waals surface area contributed by atoms with E-state index in [0.717, 1.165) is 11.1 Å². The topological polar surface area (TPSA) is 60.3 Å². The van der Waals surface area contributed by atoms with E-state index in [2.05, 4.69) is 5.32 Å². The van der Waals surface area contributed by atoms with Crippen LogP contribution >= 0.6 is 11.6 Å². The first kappa shape index (κ1) is 19.6. The number of hydrogen-bond acceptors (Lipinski definition) is 3. The normalized spacial score (nSPS) is 10.5. The van der Waals surface area contributed by atoms with Crippen LogP contribution in [0.1, 0.15) is 21.6 Å². The lowest BCUT2D eigenvalue weighted by molar-refractivity contribution is 0.0941. The van der Waals surface area contributed by atoms with Crippen LogP contribution in [0.4, 0.5) is 4.39 Å². The van der Waals surface area contributed by atoms with E-state index in [4.69, 9.17) is 16.3 Å². The SMILES string of the molecule is Cn1cc(OCc2ccc(F)cc2)c(=O)cc1C(=O)NCc1ccc(Cl)cc1. The first-order chi connectivity index (χ1) is 13.4. The fraction of sp³-hybridized carbons (Fsp3) is 0.143. The van der Waals surface area contributed by atoms with Crippen LogP contribution in [0.25, 0.3) is 0 Å². The zero-order chi connectivity index (χ0) is 20.1. The highest BCUT2D eigenvalue weighted by molar-refractivity contribution is 6.30. The predicted octanol–water partition coefficient (Wildman–Crippen LogP) is 3.69. The van der Waals surface area contributed by atoms with E-state index in [-0.39, 0.29) is 29.8 Å². The molecule has 1 heterocycles. The maximum atomic E-state index is 12.9. The number of nitrogens with zero attached hydrogens (tertiary/aromatic N) is 1. The summed E-state index contributed by atoms with van der Waals surface area (Å²) in [5.74, 6) is -0.602. The second kappa shape index (κ2) is 8.71. The van der Waals surface area contributed by atoms with Gasteiger partial charge >= 0.3 is 0 Å². The minimum atomic E-state index is -0.406. The molecule has 0 unspecified atom stereocenters. The summed E-state index contributed by atoms with van der Waals surface area (Å²) in [7, 11) is 1.65. The molecule has 2 aromatic carbocycles. The number of halogens is 2. The summed E-state index contributed by atoms with van der Waals surface area (Å²) in [6.07, 6.45) is 1.46. The molecule has 3 rings (SSSR count). The van der Waals surface area contributed by atoms with Crippen molar-refractivity contribution < 1.29 is 13.9 Å². The summed E-state index contributed by atoms with van der Waals surface area (Å²) in [4.78, 5) is 24.7. The van der Waals surface area contributed by atoms with E-state index in [9.17, 15) is 14.0 Å². The Morgan fingerprint density at radius 3 is 2.43 bits per heavy atom. The van der Waals surface area contributed by atoms with Crippen molar-refractivity contribution in [1.29, 1.82) is 0 Å². The van der Waals surface area contributed by atoms with Crippen LogP contribution in [0, 0.1) is 5.82 Å². The quantitative estimate of drug-likeness (QED) is 0.686. The lowest BCUT2D eigenvalue weighted by Gasteiger charge is -2.12. The molecule has 0 atom stereocenters. The lowest BCUT2D eigenvalue weighted by atomic mass is 10.2. The van der Waals surface area contributed by atoms with Gasteiger partial charge in [0.15, 0.2) is 5.75 Å². The van der Waals surface area contributed by atoms with Gasteiger partial charge in [-0.05, 0) is 35.4 Å². The second-order valence-corrected chi connectivity index (χ2v) is 6.66. The van der Waals surface area contributed by atoms with E-state index < -0.39 is 5.43 Å². The van der Waals surface area contributed by atoms with Crippen molar-refractivity contribution in [3.63, 3.8) is 0 Å². The molecule has 0 aliphatic rings. The third kappa shape index (κ3) is 4.98. The molecule has 7 heteroatoms. The molecule has 1 N–H and O–H groups in total.